The Hall–Kier alpha value is -1.79. The smallest absolute Gasteiger partial charge is 0.251 e. The first-order chi connectivity index (χ1) is 8.67. The van der Waals surface area contributed by atoms with E-state index in [1.807, 2.05) is 0 Å². The fourth-order valence-corrected chi connectivity index (χ4v) is 1.36. The summed E-state index contributed by atoms with van der Waals surface area (Å²) in [6, 6.07) is 7.04. The van der Waals surface area contributed by atoms with Crippen LogP contribution in [0.2, 0.25) is 0 Å². The van der Waals surface area contributed by atoms with Gasteiger partial charge in [0, 0.05) is 17.7 Å². The van der Waals surface area contributed by atoms with Gasteiger partial charge in [-0.2, -0.15) is 0 Å². The highest BCUT2D eigenvalue weighted by atomic mass is 16.2. The first-order valence-corrected chi connectivity index (χ1v) is 6.15. The third-order valence-corrected chi connectivity index (χ3v) is 2.77. The normalized spacial score (nSPS) is 11.3. The predicted molar refractivity (Wildman–Crippen MR) is 72.2 cm³/mol. The Bertz CT molecular complexity index is 440. The van der Waals surface area contributed by atoms with Crippen molar-refractivity contribution in [1.29, 1.82) is 0 Å². The second kappa shape index (κ2) is 7.52. The molecule has 1 unspecified atom stereocenters. The SMILES string of the molecule is CCC(C)CNC(=O)c1ccc(C#CCO)cc1. The average Bonchev–Trinajstić information content (AvgIpc) is 2.42. The molecule has 0 aliphatic carbocycles. The van der Waals surface area contributed by atoms with E-state index in [0.717, 1.165) is 12.0 Å². The standard InChI is InChI=1S/C15H19NO2/c1-3-12(2)11-16-15(18)14-8-6-13(7-9-14)5-4-10-17/h6-9,12,17H,3,10-11H2,1-2H3,(H,16,18). The van der Waals surface area contributed by atoms with Gasteiger partial charge in [-0.15, -0.1) is 0 Å². The molecule has 96 valence electrons. The molecule has 0 bridgehead atoms. The number of hydrogen-bond donors (Lipinski definition) is 2. The molecule has 1 atom stereocenters. The summed E-state index contributed by atoms with van der Waals surface area (Å²) in [5.41, 5.74) is 1.43. The van der Waals surface area contributed by atoms with Crippen LogP contribution in [-0.4, -0.2) is 24.2 Å². The molecule has 0 fully saturated rings. The van der Waals surface area contributed by atoms with Gasteiger partial charge in [0.2, 0.25) is 0 Å². The zero-order valence-electron chi connectivity index (χ0n) is 10.9. The van der Waals surface area contributed by atoms with Crippen LogP contribution in [-0.2, 0) is 0 Å². The lowest BCUT2D eigenvalue weighted by Crippen LogP contribution is -2.27. The largest absolute Gasteiger partial charge is 0.384 e. The number of carbonyl (C=O) groups excluding carboxylic acids is 1. The van der Waals surface area contributed by atoms with Crippen molar-refractivity contribution in [2.75, 3.05) is 13.2 Å². The Kier molecular flexibility index (Phi) is 5.96. The van der Waals surface area contributed by atoms with Gasteiger partial charge in [0.05, 0.1) is 0 Å². The lowest BCUT2D eigenvalue weighted by Gasteiger charge is -2.10. The Morgan fingerprint density at radius 2 is 2.06 bits per heavy atom. The summed E-state index contributed by atoms with van der Waals surface area (Å²) in [5.74, 6) is 5.79. The number of benzene rings is 1. The van der Waals surface area contributed by atoms with Gasteiger partial charge in [-0.3, -0.25) is 4.79 Å². The van der Waals surface area contributed by atoms with Crippen molar-refractivity contribution in [3.05, 3.63) is 35.4 Å². The Labute approximate surface area is 108 Å². The number of carbonyl (C=O) groups is 1. The summed E-state index contributed by atoms with van der Waals surface area (Å²) < 4.78 is 0. The summed E-state index contributed by atoms with van der Waals surface area (Å²) in [4.78, 5) is 11.8. The molecule has 0 heterocycles. The Morgan fingerprint density at radius 3 is 2.61 bits per heavy atom. The van der Waals surface area contributed by atoms with Crippen molar-refractivity contribution in [2.24, 2.45) is 5.92 Å². The van der Waals surface area contributed by atoms with Crippen molar-refractivity contribution >= 4 is 5.91 Å². The summed E-state index contributed by atoms with van der Waals surface area (Å²) >= 11 is 0. The molecule has 1 aromatic rings. The van der Waals surface area contributed by atoms with Crippen molar-refractivity contribution in [3.63, 3.8) is 0 Å². The van der Waals surface area contributed by atoms with Crippen molar-refractivity contribution in [2.45, 2.75) is 20.3 Å². The third-order valence-electron chi connectivity index (χ3n) is 2.77. The highest BCUT2D eigenvalue weighted by Crippen LogP contribution is 2.04. The number of aliphatic hydroxyl groups is 1. The maximum absolute atomic E-state index is 11.8. The van der Waals surface area contributed by atoms with Crippen molar-refractivity contribution < 1.29 is 9.90 Å². The number of rotatable bonds is 4. The summed E-state index contributed by atoms with van der Waals surface area (Å²) in [6.45, 7) is 4.75. The van der Waals surface area contributed by atoms with Gasteiger partial charge in [-0.1, -0.05) is 32.1 Å². The molecule has 18 heavy (non-hydrogen) atoms. The van der Waals surface area contributed by atoms with Crippen molar-refractivity contribution in [1.82, 2.24) is 5.32 Å². The van der Waals surface area contributed by atoms with Gasteiger partial charge in [-0.05, 0) is 30.2 Å². The van der Waals surface area contributed by atoms with E-state index in [2.05, 4.69) is 31.0 Å². The van der Waals surface area contributed by atoms with Crippen LogP contribution in [0.1, 0.15) is 36.2 Å². The number of nitrogens with one attached hydrogen (secondary N) is 1. The molecule has 1 aromatic carbocycles. The minimum absolute atomic E-state index is 0.0584. The van der Waals surface area contributed by atoms with Crippen LogP contribution in [0.15, 0.2) is 24.3 Å². The maximum atomic E-state index is 11.8. The molecule has 0 aliphatic rings. The summed E-state index contributed by atoms with van der Waals surface area (Å²) in [6.07, 6.45) is 1.05. The van der Waals surface area contributed by atoms with E-state index in [9.17, 15) is 4.79 Å². The minimum atomic E-state index is -0.156. The molecule has 3 nitrogen and oxygen atoms in total. The van der Waals surface area contributed by atoms with Crippen LogP contribution < -0.4 is 5.32 Å². The molecule has 1 rings (SSSR count). The molecule has 0 aromatic heterocycles. The maximum Gasteiger partial charge on any atom is 0.251 e. The molecule has 1 amide bonds. The van der Waals surface area contributed by atoms with E-state index < -0.39 is 0 Å². The van der Waals surface area contributed by atoms with Crippen LogP contribution in [0.25, 0.3) is 0 Å². The van der Waals surface area contributed by atoms with E-state index >= 15 is 0 Å². The molecule has 0 saturated carbocycles. The topological polar surface area (TPSA) is 49.3 Å². The van der Waals surface area contributed by atoms with E-state index in [1.165, 1.54) is 0 Å². The predicted octanol–water partition coefficient (Wildman–Crippen LogP) is 1.81. The lowest BCUT2D eigenvalue weighted by atomic mass is 10.1. The molecular formula is C15H19NO2. The fourth-order valence-electron chi connectivity index (χ4n) is 1.36. The average molecular weight is 245 g/mol. The number of aliphatic hydroxyl groups excluding tert-OH is 1. The van der Waals surface area contributed by atoms with Gasteiger partial charge >= 0.3 is 0 Å². The molecular weight excluding hydrogens is 226 g/mol. The van der Waals surface area contributed by atoms with E-state index in [4.69, 9.17) is 5.11 Å². The van der Waals surface area contributed by atoms with Crippen LogP contribution in [0.3, 0.4) is 0 Å². The molecule has 0 aliphatic heterocycles. The van der Waals surface area contributed by atoms with E-state index in [1.54, 1.807) is 24.3 Å². The zero-order valence-corrected chi connectivity index (χ0v) is 10.9. The Morgan fingerprint density at radius 1 is 1.39 bits per heavy atom. The van der Waals surface area contributed by atoms with E-state index in [0.29, 0.717) is 18.0 Å². The molecule has 0 saturated heterocycles. The molecule has 3 heteroatoms. The molecule has 0 spiro atoms. The molecule has 2 N–H and O–H groups in total. The van der Waals surface area contributed by atoms with Gasteiger partial charge in [0.1, 0.15) is 6.61 Å². The van der Waals surface area contributed by atoms with Crippen LogP contribution in [0.4, 0.5) is 0 Å². The highest BCUT2D eigenvalue weighted by Gasteiger charge is 2.06. The van der Waals surface area contributed by atoms with Gasteiger partial charge in [0.25, 0.3) is 5.91 Å². The fraction of sp³-hybridized carbons (Fsp3) is 0.400. The summed E-state index contributed by atoms with van der Waals surface area (Å²) in [7, 11) is 0. The first kappa shape index (κ1) is 14.3. The van der Waals surface area contributed by atoms with Gasteiger partial charge in [0.15, 0.2) is 0 Å². The summed E-state index contributed by atoms with van der Waals surface area (Å²) in [5, 5.41) is 11.5. The van der Waals surface area contributed by atoms with Gasteiger partial charge < -0.3 is 10.4 Å². The van der Waals surface area contributed by atoms with Crippen molar-refractivity contribution in [3.8, 4) is 11.8 Å². The number of hydrogen-bond acceptors (Lipinski definition) is 2. The third kappa shape index (κ3) is 4.60. The minimum Gasteiger partial charge on any atom is -0.384 e. The van der Waals surface area contributed by atoms with Crippen LogP contribution >= 0.6 is 0 Å². The first-order valence-electron chi connectivity index (χ1n) is 6.15. The van der Waals surface area contributed by atoms with Crippen LogP contribution in [0, 0.1) is 17.8 Å². The second-order valence-corrected chi connectivity index (χ2v) is 4.26. The van der Waals surface area contributed by atoms with Gasteiger partial charge in [-0.25, -0.2) is 0 Å². The monoisotopic (exact) mass is 245 g/mol. The van der Waals surface area contributed by atoms with E-state index in [-0.39, 0.29) is 12.5 Å². The second-order valence-electron chi connectivity index (χ2n) is 4.26. The molecule has 0 radical (unpaired) electrons. The Balaban J connectivity index is 2.59. The number of amides is 1. The highest BCUT2D eigenvalue weighted by molar-refractivity contribution is 5.94. The quantitative estimate of drug-likeness (QED) is 0.795. The zero-order chi connectivity index (χ0) is 13.4. The van der Waals surface area contributed by atoms with Crippen LogP contribution in [0.5, 0.6) is 0 Å². The lowest BCUT2D eigenvalue weighted by molar-refractivity contribution is 0.0948.